The van der Waals surface area contributed by atoms with E-state index in [-0.39, 0.29) is 18.7 Å². The van der Waals surface area contributed by atoms with Crippen molar-refractivity contribution in [3.8, 4) is 28.4 Å². The third kappa shape index (κ3) is 5.23. The second kappa shape index (κ2) is 10.2. The van der Waals surface area contributed by atoms with Gasteiger partial charge in [0.1, 0.15) is 25.6 Å². The lowest BCUT2D eigenvalue weighted by molar-refractivity contribution is 0.0472. The van der Waals surface area contributed by atoms with Crippen LogP contribution in [0.3, 0.4) is 0 Å². The first kappa shape index (κ1) is 21.6. The van der Waals surface area contributed by atoms with Crippen molar-refractivity contribution in [3.05, 3.63) is 72.8 Å². The number of ether oxygens (including phenoxy) is 3. The predicted molar refractivity (Wildman–Crippen MR) is 129 cm³/mol. The van der Waals surface area contributed by atoms with Gasteiger partial charge in [-0.2, -0.15) is 0 Å². The van der Waals surface area contributed by atoms with Crippen LogP contribution in [0, 0.1) is 0 Å². The number of carbonyl (C=O) groups is 1. The Morgan fingerprint density at radius 3 is 2.65 bits per heavy atom. The summed E-state index contributed by atoms with van der Waals surface area (Å²) in [4.78, 5) is 17.8. The minimum absolute atomic E-state index is 0.207. The number of oxime groups is 1. The molecule has 1 atom stereocenters. The van der Waals surface area contributed by atoms with Crippen LogP contribution in [0.1, 0.15) is 6.42 Å². The Morgan fingerprint density at radius 1 is 0.971 bits per heavy atom. The van der Waals surface area contributed by atoms with Crippen LogP contribution < -0.4 is 24.8 Å². The molecule has 2 aliphatic heterocycles. The minimum Gasteiger partial charge on any atom is -0.489 e. The van der Waals surface area contributed by atoms with Crippen LogP contribution in [0.2, 0.25) is 0 Å². The van der Waals surface area contributed by atoms with Crippen molar-refractivity contribution in [1.82, 2.24) is 5.32 Å². The van der Waals surface area contributed by atoms with Gasteiger partial charge in [0.15, 0.2) is 17.6 Å². The van der Waals surface area contributed by atoms with Crippen LogP contribution in [0.15, 0.2) is 78.0 Å². The lowest BCUT2D eigenvalue weighted by Gasteiger charge is -2.19. The fourth-order valence-electron chi connectivity index (χ4n) is 3.79. The average Bonchev–Trinajstić information content (AvgIpc) is 3.35. The van der Waals surface area contributed by atoms with Gasteiger partial charge in [0, 0.05) is 23.7 Å². The average molecular weight is 460 g/mol. The van der Waals surface area contributed by atoms with Gasteiger partial charge in [0.2, 0.25) is 0 Å². The standard InChI is InChI=1S/C26H25N3O5/c30-26(28-19-10-11-24-25(15-19)32-13-12-31-24)27-16-20-14-21(34-29-20)17-33-23-9-5-4-8-22(23)18-6-2-1-3-7-18/h1-11,15,21H,12-14,16-17H2,(H2,27,28,30). The first-order valence-corrected chi connectivity index (χ1v) is 11.2. The molecule has 0 aliphatic carbocycles. The monoisotopic (exact) mass is 459 g/mol. The van der Waals surface area contributed by atoms with Gasteiger partial charge in [-0.25, -0.2) is 4.79 Å². The SMILES string of the molecule is O=C(NCC1=NOC(COc2ccccc2-c2ccccc2)C1)Nc1ccc2c(c1)OCCO2. The van der Waals surface area contributed by atoms with Crippen molar-refractivity contribution in [2.24, 2.45) is 5.16 Å². The maximum Gasteiger partial charge on any atom is 0.319 e. The third-order valence-electron chi connectivity index (χ3n) is 5.44. The van der Waals surface area contributed by atoms with Gasteiger partial charge in [-0.3, -0.25) is 0 Å². The molecule has 0 spiro atoms. The van der Waals surface area contributed by atoms with E-state index in [1.165, 1.54) is 0 Å². The van der Waals surface area contributed by atoms with Crippen molar-refractivity contribution < 1.29 is 23.8 Å². The van der Waals surface area contributed by atoms with Gasteiger partial charge in [-0.05, 0) is 23.8 Å². The Hall–Kier alpha value is -4.20. The Balaban J connectivity index is 1.08. The van der Waals surface area contributed by atoms with Gasteiger partial charge < -0.3 is 29.7 Å². The molecule has 0 bridgehead atoms. The summed E-state index contributed by atoms with van der Waals surface area (Å²) < 4.78 is 17.1. The van der Waals surface area contributed by atoms with Gasteiger partial charge in [0.05, 0.1) is 12.3 Å². The molecule has 2 heterocycles. The van der Waals surface area contributed by atoms with Crippen LogP contribution in [0.4, 0.5) is 10.5 Å². The van der Waals surface area contributed by atoms with Gasteiger partial charge in [-0.1, -0.05) is 53.7 Å². The van der Waals surface area contributed by atoms with Gasteiger partial charge >= 0.3 is 6.03 Å². The molecular formula is C26H25N3O5. The van der Waals surface area contributed by atoms with Crippen molar-refractivity contribution in [3.63, 3.8) is 0 Å². The molecule has 34 heavy (non-hydrogen) atoms. The predicted octanol–water partition coefficient (Wildman–Crippen LogP) is 4.47. The number of fused-ring (bicyclic) bond motifs is 1. The number of rotatable bonds is 7. The van der Waals surface area contributed by atoms with E-state index >= 15 is 0 Å². The molecule has 0 saturated carbocycles. The van der Waals surface area contributed by atoms with Gasteiger partial charge in [-0.15, -0.1) is 0 Å². The summed E-state index contributed by atoms with van der Waals surface area (Å²) in [6, 6.07) is 23.0. The van der Waals surface area contributed by atoms with E-state index in [0.717, 1.165) is 22.6 Å². The van der Waals surface area contributed by atoms with Crippen LogP contribution in [-0.4, -0.2) is 44.2 Å². The second-order valence-electron chi connectivity index (χ2n) is 7.93. The summed E-state index contributed by atoms with van der Waals surface area (Å²) in [6.45, 7) is 1.66. The zero-order chi connectivity index (χ0) is 23.2. The zero-order valence-electron chi connectivity index (χ0n) is 18.5. The first-order chi connectivity index (χ1) is 16.7. The molecule has 8 heteroatoms. The summed E-state index contributed by atoms with van der Waals surface area (Å²) >= 11 is 0. The second-order valence-corrected chi connectivity index (χ2v) is 7.93. The van der Waals surface area contributed by atoms with E-state index in [4.69, 9.17) is 19.0 Å². The highest BCUT2D eigenvalue weighted by Gasteiger charge is 2.23. The molecule has 0 fully saturated rings. The number of nitrogens with zero attached hydrogens (tertiary/aromatic N) is 1. The van der Waals surface area contributed by atoms with E-state index < -0.39 is 0 Å². The van der Waals surface area contributed by atoms with E-state index in [1.54, 1.807) is 18.2 Å². The highest BCUT2D eigenvalue weighted by Crippen LogP contribution is 2.32. The van der Waals surface area contributed by atoms with Gasteiger partial charge in [0.25, 0.3) is 0 Å². The largest absolute Gasteiger partial charge is 0.489 e. The van der Waals surface area contributed by atoms with Crippen LogP contribution >= 0.6 is 0 Å². The minimum atomic E-state index is -0.337. The maximum absolute atomic E-state index is 12.3. The number of para-hydroxylation sites is 1. The molecular weight excluding hydrogens is 434 g/mol. The van der Waals surface area contributed by atoms with Crippen molar-refractivity contribution in [2.45, 2.75) is 12.5 Å². The van der Waals surface area contributed by atoms with Crippen LogP contribution in [-0.2, 0) is 4.84 Å². The summed E-state index contributed by atoms with van der Waals surface area (Å²) in [7, 11) is 0. The molecule has 5 rings (SSSR count). The molecule has 0 saturated heterocycles. The lowest BCUT2D eigenvalue weighted by atomic mass is 10.0. The van der Waals surface area contributed by atoms with E-state index in [2.05, 4.69) is 27.9 Å². The van der Waals surface area contributed by atoms with Crippen molar-refractivity contribution in [2.75, 3.05) is 31.7 Å². The lowest BCUT2D eigenvalue weighted by Crippen LogP contribution is -2.33. The van der Waals surface area contributed by atoms with Crippen LogP contribution in [0.5, 0.6) is 17.2 Å². The number of hydrogen-bond donors (Lipinski definition) is 2. The molecule has 2 N–H and O–H groups in total. The molecule has 3 aromatic carbocycles. The fourth-order valence-corrected chi connectivity index (χ4v) is 3.79. The molecule has 2 amide bonds. The maximum atomic E-state index is 12.3. The van der Waals surface area contributed by atoms with Crippen molar-refractivity contribution >= 4 is 17.4 Å². The summed E-state index contributed by atoms with van der Waals surface area (Å²) in [6.07, 6.45) is 0.374. The Labute approximate surface area is 197 Å². The fraction of sp³-hybridized carbons (Fsp3) is 0.231. The zero-order valence-corrected chi connectivity index (χ0v) is 18.5. The molecule has 0 radical (unpaired) electrons. The summed E-state index contributed by atoms with van der Waals surface area (Å²) in [5.41, 5.74) is 3.49. The third-order valence-corrected chi connectivity index (χ3v) is 5.44. The number of nitrogens with one attached hydrogen (secondary N) is 2. The molecule has 0 aromatic heterocycles. The Kier molecular flexibility index (Phi) is 6.47. The van der Waals surface area contributed by atoms with E-state index in [1.807, 2.05) is 42.5 Å². The number of amides is 2. The quantitative estimate of drug-likeness (QED) is 0.544. The number of carbonyl (C=O) groups excluding carboxylic acids is 1. The Morgan fingerprint density at radius 2 is 1.76 bits per heavy atom. The summed E-state index contributed by atoms with van der Waals surface area (Å²) in [5.74, 6) is 2.09. The first-order valence-electron chi connectivity index (χ1n) is 11.2. The normalized spacial score (nSPS) is 16.2. The number of hydrogen-bond acceptors (Lipinski definition) is 6. The molecule has 174 valence electrons. The van der Waals surface area contributed by atoms with Crippen LogP contribution in [0.25, 0.3) is 11.1 Å². The van der Waals surface area contributed by atoms with E-state index in [0.29, 0.717) is 43.4 Å². The summed E-state index contributed by atoms with van der Waals surface area (Å²) in [5, 5.41) is 9.70. The number of urea groups is 1. The molecule has 1 unspecified atom stereocenters. The molecule has 3 aromatic rings. The number of anilines is 1. The van der Waals surface area contributed by atoms with Crippen molar-refractivity contribution in [1.29, 1.82) is 0 Å². The highest BCUT2D eigenvalue weighted by atomic mass is 16.7. The number of benzene rings is 3. The Bertz CT molecular complexity index is 1180. The van der Waals surface area contributed by atoms with E-state index in [9.17, 15) is 4.79 Å². The molecule has 8 nitrogen and oxygen atoms in total. The topological polar surface area (TPSA) is 90.4 Å². The highest BCUT2D eigenvalue weighted by molar-refractivity contribution is 5.95. The smallest absolute Gasteiger partial charge is 0.319 e. The molecule has 2 aliphatic rings.